The molecule has 0 aliphatic rings. The predicted octanol–water partition coefficient (Wildman–Crippen LogP) is 3.70. The summed E-state index contributed by atoms with van der Waals surface area (Å²) >= 11 is 3.18. The number of nitrogens with two attached hydrogens (primary N) is 1. The minimum absolute atomic E-state index is 0.0621. The van der Waals surface area contributed by atoms with Gasteiger partial charge in [0.05, 0.1) is 4.70 Å². The molecule has 3 rings (SSSR count). The van der Waals surface area contributed by atoms with Crippen LogP contribution < -0.4 is 11.1 Å². The fraction of sp³-hybridized carbons (Fsp3) is 0.333. The topological polar surface area (TPSA) is 63.8 Å². The van der Waals surface area contributed by atoms with Crippen LogP contribution in [-0.4, -0.2) is 16.2 Å². The maximum Gasteiger partial charge on any atom is 0.257 e. The van der Waals surface area contributed by atoms with E-state index in [0.717, 1.165) is 32.0 Å². The first-order chi connectivity index (χ1) is 10.6. The van der Waals surface area contributed by atoms with Crippen molar-refractivity contribution in [2.45, 2.75) is 32.9 Å². The molecule has 22 heavy (non-hydrogen) atoms. The summed E-state index contributed by atoms with van der Waals surface area (Å²) in [5.74, 6) is -0.558. The number of anilines is 1. The number of nitrogens with one attached hydrogen (secondary N) is 1. The highest BCUT2D eigenvalue weighted by Crippen LogP contribution is 2.36. The third-order valence-electron chi connectivity index (χ3n) is 3.41. The average molecular weight is 336 g/mol. The van der Waals surface area contributed by atoms with Gasteiger partial charge in [-0.25, -0.2) is 0 Å². The highest BCUT2D eigenvalue weighted by atomic mass is 32.1. The zero-order chi connectivity index (χ0) is 15.7. The largest absolute Gasteiger partial charge is 0.375 e. The number of hydrogen-bond donors (Lipinski definition) is 2. The number of rotatable bonds is 5. The van der Waals surface area contributed by atoms with Crippen molar-refractivity contribution in [3.8, 4) is 0 Å². The Hall–Kier alpha value is -1.57. The summed E-state index contributed by atoms with van der Waals surface area (Å²) in [7, 11) is 0. The van der Waals surface area contributed by atoms with Gasteiger partial charge in [0.25, 0.3) is 5.95 Å². The SMILES string of the molecule is Cc1c(C[C@H](C)N)sc2c(NCc3cccs3)c(F)nnc12. The lowest BCUT2D eigenvalue weighted by atomic mass is 10.1. The third-order valence-corrected chi connectivity index (χ3v) is 5.61. The zero-order valence-corrected chi connectivity index (χ0v) is 14.0. The molecular formula is C15H17FN4S2. The molecule has 0 radical (unpaired) electrons. The van der Waals surface area contributed by atoms with Crippen LogP contribution in [-0.2, 0) is 13.0 Å². The number of hydrogen-bond acceptors (Lipinski definition) is 6. The van der Waals surface area contributed by atoms with Crippen molar-refractivity contribution in [3.63, 3.8) is 0 Å². The number of halogens is 1. The van der Waals surface area contributed by atoms with E-state index in [4.69, 9.17) is 5.73 Å². The fourth-order valence-electron chi connectivity index (χ4n) is 2.31. The second kappa shape index (κ2) is 6.28. The summed E-state index contributed by atoms with van der Waals surface area (Å²) in [6.45, 7) is 4.53. The minimum atomic E-state index is -0.558. The summed E-state index contributed by atoms with van der Waals surface area (Å²) in [6, 6.07) is 4.06. The first-order valence-corrected chi connectivity index (χ1v) is 8.72. The molecule has 116 valence electrons. The highest BCUT2D eigenvalue weighted by Gasteiger charge is 2.18. The minimum Gasteiger partial charge on any atom is -0.375 e. The van der Waals surface area contributed by atoms with E-state index in [1.807, 2.05) is 31.4 Å². The van der Waals surface area contributed by atoms with Gasteiger partial charge in [-0.2, -0.15) is 4.39 Å². The van der Waals surface area contributed by atoms with E-state index in [9.17, 15) is 4.39 Å². The van der Waals surface area contributed by atoms with Crippen LogP contribution in [0, 0.1) is 12.9 Å². The van der Waals surface area contributed by atoms with Crippen LogP contribution in [0.1, 0.15) is 22.2 Å². The van der Waals surface area contributed by atoms with Crippen LogP contribution >= 0.6 is 22.7 Å². The molecule has 0 amide bonds. The summed E-state index contributed by atoms with van der Waals surface area (Å²) in [6.07, 6.45) is 0.763. The second-order valence-corrected chi connectivity index (χ2v) is 7.45. The molecule has 3 N–H and O–H groups in total. The van der Waals surface area contributed by atoms with Crippen LogP contribution in [0.5, 0.6) is 0 Å². The van der Waals surface area contributed by atoms with Crippen LogP contribution in [0.15, 0.2) is 17.5 Å². The average Bonchev–Trinajstić information content (AvgIpc) is 3.07. The molecule has 1 atom stereocenters. The van der Waals surface area contributed by atoms with Gasteiger partial charge in [-0.1, -0.05) is 6.07 Å². The predicted molar refractivity (Wildman–Crippen MR) is 91.1 cm³/mol. The molecular weight excluding hydrogens is 319 g/mol. The quantitative estimate of drug-likeness (QED) is 0.746. The van der Waals surface area contributed by atoms with Crippen molar-refractivity contribution >= 4 is 38.6 Å². The van der Waals surface area contributed by atoms with Crippen molar-refractivity contribution in [1.29, 1.82) is 0 Å². The van der Waals surface area contributed by atoms with Crippen molar-refractivity contribution in [1.82, 2.24) is 10.2 Å². The number of aryl methyl sites for hydroxylation is 1. The van der Waals surface area contributed by atoms with Gasteiger partial charge >= 0.3 is 0 Å². The van der Waals surface area contributed by atoms with Gasteiger partial charge in [-0.3, -0.25) is 0 Å². The molecule has 3 aromatic rings. The van der Waals surface area contributed by atoms with Crippen LogP contribution in [0.25, 0.3) is 10.2 Å². The highest BCUT2D eigenvalue weighted by molar-refractivity contribution is 7.19. The molecule has 0 fully saturated rings. The van der Waals surface area contributed by atoms with E-state index in [1.165, 1.54) is 0 Å². The molecule has 0 saturated heterocycles. The Morgan fingerprint density at radius 3 is 2.91 bits per heavy atom. The number of aromatic nitrogens is 2. The van der Waals surface area contributed by atoms with Crippen molar-refractivity contribution in [3.05, 3.63) is 38.8 Å². The second-order valence-electron chi connectivity index (χ2n) is 5.31. The Kier molecular flexibility index (Phi) is 4.37. The number of nitrogens with zero attached hydrogens (tertiary/aromatic N) is 2. The molecule has 4 nitrogen and oxygen atoms in total. The summed E-state index contributed by atoms with van der Waals surface area (Å²) in [5, 5.41) is 12.8. The Morgan fingerprint density at radius 2 is 2.23 bits per heavy atom. The van der Waals surface area contributed by atoms with Gasteiger partial charge in [0, 0.05) is 22.3 Å². The molecule has 0 bridgehead atoms. The first kappa shape index (κ1) is 15.3. The van der Waals surface area contributed by atoms with Gasteiger partial charge in [0.2, 0.25) is 0 Å². The normalized spacial score (nSPS) is 12.7. The van der Waals surface area contributed by atoms with Crippen LogP contribution in [0.2, 0.25) is 0 Å². The maximum absolute atomic E-state index is 14.1. The molecule has 0 unspecified atom stereocenters. The lowest BCUT2D eigenvalue weighted by Gasteiger charge is -2.06. The Bertz CT molecular complexity index is 781. The van der Waals surface area contributed by atoms with Gasteiger partial charge in [0.1, 0.15) is 11.2 Å². The van der Waals surface area contributed by atoms with E-state index in [0.29, 0.717) is 12.2 Å². The van der Waals surface area contributed by atoms with E-state index >= 15 is 0 Å². The van der Waals surface area contributed by atoms with Gasteiger partial charge in [0.15, 0.2) is 0 Å². The van der Waals surface area contributed by atoms with Crippen LogP contribution in [0.4, 0.5) is 10.1 Å². The smallest absolute Gasteiger partial charge is 0.257 e. The van der Waals surface area contributed by atoms with Crippen LogP contribution in [0.3, 0.4) is 0 Å². The molecule has 3 aromatic heterocycles. The number of fused-ring (bicyclic) bond motifs is 1. The number of thiophene rings is 2. The fourth-order valence-corrected chi connectivity index (χ4v) is 4.34. The summed E-state index contributed by atoms with van der Waals surface area (Å²) in [5.41, 5.74) is 8.13. The van der Waals surface area contributed by atoms with Gasteiger partial charge in [-0.05, 0) is 37.3 Å². The summed E-state index contributed by atoms with van der Waals surface area (Å²) in [4.78, 5) is 2.29. The van der Waals surface area contributed by atoms with E-state index in [1.54, 1.807) is 22.7 Å². The maximum atomic E-state index is 14.1. The molecule has 7 heteroatoms. The van der Waals surface area contributed by atoms with Crippen molar-refractivity contribution < 1.29 is 4.39 Å². The molecule has 0 spiro atoms. The Balaban J connectivity index is 1.98. The van der Waals surface area contributed by atoms with E-state index in [2.05, 4.69) is 15.5 Å². The Labute approximate surface area is 136 Å². The summed E-state index contributed by atoms with van der Waals surface area (Å²) < 4.78 is 14.9. The van der Waals surface area contributed by atoms with E-state index < -0.39 is 5.95 Å². The standard InChI is InChI=1S/C15H17FN4S2/c1-8(17)6-11-9(2)12-14(22-11)13(15(16)20-19-12)18-7-10-4-3-5-21-10/h3-5,8H,6-7,17H2,1-2H3,(H,18,19)/t8-/m0/s1. The molecule has 0 saturated carbocycles. The lowest BCUT2D eigenvalue weighted by molar-refractivity contribution is 0.571. The Morgan fingerprint density at radius 1 is 1.41 bits per heavy atom. The van der Waals surface area contributed by atoms with Crippen molar-refractivity contribution in [2.75, 3.05) is 5.32 Å². The molecule has 0 aliphatic carbocycles. The first-order valence-electron chi connectivity index (χ1n) is 7.02. The molecule has 0 aliphatic heterocycles. The molecule has 3 heterocycles. The zero-order valence-electron chi connectivity index (χ0n) is 12.4. The third kappa shape index (κ3) is 2.97. The van der Waals surface area contributed by atoms with Gasteiger partial charge in [-0.15, -0.1) is 32.9 Å². The van der Waals surface area contributed by atoms with Crippen molar-refractivity contribution in [2.24, 2.45) is 5.73 Å². The van der Waals surface area contributed by atoms with E-state index in [-0.39, 0.29) is 6.04 Å². The lowest BCUT2D eigenvalue weighted by Crippen LogP contribution is -2.17. The molecule has 0 aromatic carbocycles. The monoisotopic (exact) mass is 336 g/mol. The van der Waals surface area contributed by atoms with Gasteiger partial charge < -0.3 is 11.1 Å².